The second kappa shape index (κ2) is 3.12. The van der Waals surface area contributed by atoms with Crippen LogP contribution in [-0.4, -0.2) is 5.11 Å². The van der Waals surface area contributed by atoms with Crippen LogP contribution in [0.1, 0.15) is 33.1 Å². The first-order valence-electron chi connectivity index (χ1n) is 4.18. The topological polar surface area (TPSA) is 20.2 Å². The molecule has 0 heterocycles. The van der Waals surface area contributed by atoms with Gasteiger partial charge in [0.05, 0.1) is 5.76 Å². The Kier molecular flexibility index (Phi) is 2.38. The predicted molar refractivity (Wildman–Crippen MR) is 47.5 cm³/mol. The van der Waals surface area contributed by atoms with Gasteiger partial charge in [0, 0.05) is 6.42 Å². The summed E-state index contributed by atoms with van der Waals surface area (Å²) in [6.45, 7) is 7.97. The Labute approximate surface area is 68.4 Å². The largest absolute Gasteiger partial charge is 0.512 e. The molecule has 0 aromatic carbocycles. The van der Waals surface area contributed by atoms with Crippen molar-refractivity contribution in [2.45, 2.75) is 33.1 Å². The molecule has 1 atom stereocenters. The zero-order valence-electron chi connectivity index (χ0n) is 7.35. The van der Waals surface area contributed by atoms with E-state index in [0.29, 0.717) is 11.7 Å². The summed E-state index contributed by atoms with van der Waals surface area (Å²) in [6, 6.07) is 0. The van der Waals surface area contributed by atoms with E-state index in [4.69, 9.17) is 0 Å². The SMILES string of the molecule is C=C(C)C1=C(O)C[C@H](C)CC1. The van der Waals surface area contributed by atoms with E-state index in [1.165, 1.54) is 6.42 Å². The molecular formula is C10H16O. The molecule has 11 heavy (non-hydrogen) atoms. The summed E-state index contributed by atoms with van der Waals surface area (Å²) in [6.07, 6.45) is 3.02. The van der Waals surface area contributed by atoms with E-state index >= 15 is 0 Å². The second-order valence-electron chi connectivity index (χ2n) is 3.55. The van der Waals surface area contributed by atoms with Gasteiger partial charge in [0.2, 0.25) is 0 Å². The molecular weight excluding hydrogens is 136 g/mol. The predicted octanol–water partition coefficient (Wildman–Crippen LogP) is 3.19. The fraction of sp³-hybridized carbons (Fsp3) is 0.600. The molecule has 1 nitrogen and oxygen atoms in total. The first-order chi connectivity index (χ1) is 5.11. The van der Waals surface area contributed by atoms with Crippen LogP contribution in [0.3, 0.4) is 0 Å². The summed E-state index contributed by atoms with van der Waals surface area (Å²) in [5.41, 5.74) is 2.11. The van der Waals surface area contributed by atoms with Crippen molar-refractivity contribution in [2.75, 3.05) is 0 Å². The zero-order chi connectivity index (χ0) is 8.43. The Hall–Kier alpha value is -0.720. The lowest BCUT2D eigenvalue weighted by molar-refractivity contribution is 0.324. The summed E-state index contributed by atoms with van der Waals surface area (Å²) in [5, 5.41) is 9.53. The third kappa shape index (κ3) is 1.86. The number of hydrogen-bond acceptors (Lipinski definition) is 1. The van der Waals surface area contributed by atoms with Crippen LogP contribution in [0.15, 0.2) is 23.5 Å². The first kappa shape index (κ1) is 8.38. The van der Waals surface area contributed by atoms with Crippen LogP contribution >= 0.6 is 0 Å². The number of hydrogen-bond donors (Lipinski definition) is 1. The minimum Gasteiger partial charge on any atom is -0.512 e. The van der Waals surface area contributed by atoms with Crippen molar-refractivity contribution >= 4 is 0 Å². The van der Waals surface area contributed by atoms with Crippen LogP contribution in [0.2, 0.25) is 0 Å². The van der Waals surface area contributed by atoms with E-state index in [-0.39, 0.29) is 0 Å². The minimum atomic E-state index is 0.566. The van der Waals surface area contributed by atoms with Crippen LogP contribution in [0, 0.1) is 5.92 Å². The van der Waals surface area contributed by atoms with Crippen LogP contribution in [-0.2, 0) is 0 Å². The van der Waals surface area contributed by atoms with Gasteiger partial charge in [0.15, 0.2) is 0 Å². The summed E-state index contributed by atoms with van der Waals surface area (Å²) < 4.78 is 0. The normalized spacial score (nSPS) is 25.5. The molecule has 62 valence electrons. The van der Waals surface area contributed by atoms with Gasteiger partial charge < -0.3 is 5.11 Å². The molecule has 0 radical (unpaired) electrons. The smallest absolute Gasteiger partial charge is 0.0959 e. The molecule has 1 heteroatoms. The van der Waals surface area contributed by atoms with E-state index < -0.39 is 0 Å². The Morgan fingerprint density at radius 3 is 2.73 bits per heavy atom. The van der Waals surface area contributed by atoms with Crippen molar-refractivity contribution in [3.63, 3.8) is 0 Å². The molecule has 0 spiro atoms. The Morgan fingerprint density at radius 2 is 2.27 bits per heavy atom. The quantitative estimate of drug-likeness (QED) is 0.611. The van der Waals surface area contributed by atoms with Gasteiger partial charge in [-0.25, -0.2) is 0 Å². The van der Waals surface area contributed by atoms with Gasteiger partial charge in [-0.3, -0.25) is 0 Å². The molecule has 0 saturated heterocycles. The Morgan fingerprint density at radius 1 is 1.64 bits per heavy atom. The number of rotatable bonds is 1. The summed E-state index contributed by atoms with van der Waals surface area (Å²) in [7, 11) is 0. The van der Waals surface area contributed by atoms with E-state index in [0.717, 1.165) is 24.0 Å². The maximum absolute atomic E-state index is 9.53. The lowest BCUT2D eigenvalue weighted by Crippen LogP contribution is -2.07. The highest BCUT2D eigenvalue weighted by molar-refractivity contribution is 5.30. The lowest BCUT2D eigenvalue weighted by atomic mass is 9.87. The van der Waals surface area contributed by atoms with Crippen LogP contribution in [0.5, 0.6) is 0 Å². The van der Waals surface area contributed by atoms with Gasteiger partial charge in [-0.15, -0.1) is 0 Å². The van der Waals surface area contributed by atoms with Crippen molar-refractivity contribution in [3.8, 4) is 0 Å². The maximum atomic E-state index is 9.53. The third-order valence-electron chi connectivity index (χ3n) is 2.29. The van der Waals surface area contributed by atoms with E-state index in [2.05, 4.69) is 13.5 Å². The minimum absolute atomic E-state index is 0.566. The molecule has 0 aromatic heterocycles. The summed E-state index contributed by atoms with van der Waals surface area (Å²) in [5.74, 6) is 1.20. The van der Waals surface area contributed by atoms with E-state index in [1.807, 2.05) is 6.92 Å². The average Bonchev–Trinajstić information content (AvgIpc) is 1.85. The Balaban J connectivity index is 2.78. The standard InChI is InChI=1S/C10H16O/c1-7(2)9-5-4-8(3)6-10(9)11/h8,11H,1,4-6H2,2-3H3/t8-/m1/s1. The molecule has 1 aliphatic carbocycles. The molecule has 0 aliphatic heterocycles. The molecule has 1 aliphatic rings. The summed E-state index contributed by atoms with van der Waals surface area (Å²) >= 11 is 0. The molecule has 0 fully saturated rings. The zero-order valence-corrected chi connectivity index (χ0v) is 7.35. The van der Waals surface area contributed by atoms with Crippen molar-refractivity contribution in [2.24, 2.45) is 5.92 Å². The molecule has 0 saturated carbocycles. The third-order valence-corrected chi connectivity index (χ3v) is 2.29. The van der Waals surface area contributed by atoms with Crippen LogP contribution < -0.4 is 0 Å². The molecule has 0 unspecified atom stereocenters. The molecule has 0 amide bonds. The van der Waals surface area contributed by atoms with E-state index in [1.54, 1.807) is 0 Å². The number of allylic oxidation sites excluding steroid dienone is 3. The Bertz CT molecular complexity index is 201. The number of aliphatic hydroxyl groups is 1. The highest BCUT2D eigenvalue weighted by Gasteiger charge is 2.17. The van der Waals surface area contributed by atoms with Gasteiger partial charge in [-0.05, 0) is 31.3 Å². The summed E-state index contributed by atoms with van der Waals surface area (Å²) in [4.78, 5) is 0. The van der Waals surface area contributed by atoms with Gasteiger partial charge in [0.1, 0.15) is 0 Å². The average molecular weight is 152 g/mol. The second-order valence-corrected chi connectivity index (χ2v) is 3.55. The molecule has 1 N–H and O–H groups in total. The molecule has 1 rings (SSSR count). The molecule has 0 aromatic rings. The fourth-order valence-electron chi connectivity index (χ4n) is 1.55. The maximum Gasteiger partial charge on any atom is 0.0959 e. The fourth-order valence-corrected chi connectivity index (χ4v) is 1.55. The lowest BCUT2D eigenvalue weighted by Gasteiger charge is -2.21. The van der Waals surface area contributed by atoms with Crippen LogP contribution in [0.25, 0.3) is 0 Å². The number of aliphatic hydroxyl groups excluding tert-OH is 1. The monoisotopic (exact) mass is 152 g/mol. The van der Waals surface area contributed by atoms with Crippen molar-refractivity contribution in [1.82, 2.24) is 0 Å². The van der Waals surface area contributed by atoms with Crippen molar-refractivity contribution < 1.29 is 5.11 Å². The highest BCUT2D eigenvalue weighted by Crippen LogP contribution is 2.30. The highest BCUT2D eigenvalue weighted by atomic mass is 16.3. The van der Waals surface area contributed by atoms with Crippen molar-refractivity contribution in [1.29, 1.82) is 0 Å². The van der Waals surface area contributed by atoms with E-state index in [9.17, 15) is 5.11 Å². The molecule has 0 bridgehead atoms. The van der Waals surface area contributed by atoms with Crippen molar-refractivity contribution in [3.05, 3.63) is 23.5 Å². The van der Waals surface area contributed by atoms with Gasteiger partial charge in [-0.2, -0.15) is 0 Å². The van der Waals surface area contributed by atoms with Gasteiger partial charge in [0.25, 0.3) is 0 Å². The van der Waals surface area contributed by atoms with Gasteiger partial charge >= 0.3 is 0 Å². The van der Waals surface area contributed by atoms with Gasteiger partial charge in [-0.1, -0.05) is 19.1 Å². The first-order valence-corrected chi connectivity index (χ1v) is 4.18. The van der Waals surface area contributed by atoms with Crippen LogP contribution in [0.4, 0.5) is 0 Å².